The van der Waals surface area contributed by atoms with Crippen LogP contribution in [0.4, 0.5) is 28.9 Å². The summed E-state index contributed by atoms with van der Waals surface area (Å²) in [6, 6.07) is 3.39. The highest BCUT2D eigenvalue weighted by molar-refractivity contribution is 5.90. The summed E-state index contributed by atoms with van der Waals surface area (Å²) in [4.78, 5) is 21.3. The average molecular weight is 332 g/mol. The fourth-order valence-electron chi connectivity index (χ4n) is 1.68. The zero-order valence-electron chi connectivity index (χ0n) is 11.2. The Morgan fingerprint density at radius 2 is 2.04 bits per heavy atom. The van der Waals surface area contributed by atoms with Gasteiger partial charge in [0, 0.05) is 18.0 Å². The lowest BCUT2D eigenvalue weighted by Gasteiger charge is -2.06. The number of anilines is 1. The number of hydrogen-bond donors (Lipinski definition) is 1. The zero-order valence-corrected chi connectivity index (χ0v) is 11.2. The van der Waals surface area contributed by atoms with E-state index in [0.29, 0.717) is 6.07 Å². The maximum absolute atomic E-state index is 13.1. The first-order valence-corrected chi connectivity index (χ1v) is 6.01. The van der Waals surface area contributed by atoms with Crippen LogP contribution in [0, 0.1) is 15.9 Å². The van der Waals surface area contributed by atoms with Gasteiger partial charge in [0.25, 0.3) is 0 Å². The summed E-state index contributed by atoms with van der Waals surface area (Å²) in [5.74, 6) is -1.85. The van der Waals surface area contributed by atoms with Gasteiger partial charge in [-0.3, -0.25) is 19.6 Å². The second kappa shape index (κ2) is 6.02. The first kappa shape index (κ1) is 16.4. The second-order valence-corrected chi connectivity index (χ2v) is 4.37. The van der Waals surface area contributed by atoms with E-state index in [2.05, 4.69) is 10.4 Å². The minimum Gasteiger partial charge on any atom is -0.324 e. The van der Waals surface area contributed by atoms with Crippen molar-refractivity contribution in [2.45, 2.75) is 12.7 Å². The Labute approximate surface area is 125 Å². The fourth-order valence-corrected chi connectivity index (χ4v) is 1.68. The molecule has 0 atom stereocenters. The average Bonchev–Trinajstić information content (AvgIpc) is 2.89. The largest absolute Gasteiger partial charge is 0.435 e. The number of benzene rings is 1. The van der Waals surface area contributed by atoms with E-state index in [9.17, 15) is 32.5 Å². The van der Waals surface area contributed by atoms with Gasteiger partial charge in [0.15, 0.2) is 5.69 Å². The summed E-state index contributed by atoms with van der Waals surface area (Å²) in [5, 5.41) is 16.0. The number of alkyl halides is 3. The maximum atomic E-state index is 13.1. The molecule has 0 saturated heterocycles. The molecule has 1 N–H and O–H groups in total. The van der Waals surface area contributed by atoms with Gasteiger partial charge in [0.2, 0.25) is 11.7 Å². The third-order valence-electron chi connectivity index (χ3n) is 2.66. The van der Waals surface area contributed by atoms with Gasteiger partial charge in [0.1, 0.15) is 6.54 Å². The molecular weight excluding hydrogens is 324 g/mol. The highest BCUT2D eigenvalue weighted by Crippen LogP contribution is 2.27. The predicted octanol–water partition coefficient (Wildman–Crippen LogP) is 2.59. The van der Waals surface area contributed by atoms with Crippen molar-refractivity contribution in [3.05, 3.63) is 52.1 Å². The van der Waals surface area contributed by atoms with E-state index in [1.54, 1.807) is 0 Å². The van der Waals surface area contributed by atoms with Gasteiger partial charge in [0.05, 0.1) is 4.92 Å². The predicted molar refractivity (Wildman–Crippen MR) is 68.9 cm³/mol. The number of hydrogen-bond acceptors (Lipinski definition) is 4. The van der Waals surface area contributed by atoms with Crippen molar-refractivity contribution in [3.8, 4) is 0 Å². The van der Waals surface area contributed by atoms with Gasteiger partial charge in [-0.2, -0.15) is 22.7 Å². The Bertz CT molecular complexity index is 757. The molecule has 1 amide bonds. The molecular formula is C12H8F4N4O3. The minimum absolute atomic E-state index is 0.0636. The summed E-state index contributed by atoms with van der Waals surface area (Å²) >= 11 is 0. The Morgan fingerprint density at radius 3 is 2.61 bits per heavy atom. The number of halogens is 4. The standard InChI is InChI=1S/C12H8F4N4O3/c13-8-2-1-7(5-9(8)20(22)23)17-11(21)6-19-4-3-10(18-19)12(14,15)16/h1-5H,6H2,(H,17,21). The number of nitro benzene ring substituents is 1. The van der Waals surface area contributed by atoms with Crippen LogP contribution in [0.1, 0.15) is 5.69 Å². The van der Waals surface area contributed by atoms with Crippen molar-refractivity contribution in [2.24, 2.45) is 0 Å². The van der Waals surface area contributed by atoms with Crippen molar-refractivity contribution >= 4 is 17.3 Å². The molecule has 11 heteroatoms. The van der Waals surface area contributed by atoms with Crippen LogP contribution in [0.25, 0.3) is 0 Å². The van der Waals surface area contributed by atoms with Gasteiger partial charge in [-0.05, 0) is 18.2 Å². The molecule has 1 aromatic carbocycles. The minimum atomic E-state index is -4.63. The molecule has 0 aliphatic rings. The quantitative estimate of drug-likeness (QED) is 0.529. The number of carbonyl (C=O) groups excluding carboxylic acids is 1. The zero-order chi connectivity index (χ0) is 17.2. The molecule has 1 heterocycles. The molecule has 1 aromatic heterocycles. The van der Waals surface area contributed by atoms with Gasteiger partial charge >= 0.3 is 11.9 Å². The van der Waals surface area contributed by atoms with E-state index in [1.165, 1.54) is 0 Å². The van der Waals surface area contributed by atoms with Gasteiger partial charge in [-0.1, -0.05) is 0 Å². The van der Waals surface area contributed by atoms with E-state index in [0.717, 1.165) is 29.1 Å². The number of nitro groups is 1. The molecule has 23 heavy (non-hydrogen) atoms. The van der Waals surface area contributed by atoms with E-state index in [4.69, 9.17) is 0 Å². The van der Waals surface area contributed by atoms with Crippen LogP contribution >= 0.6 is 0 Å². The van der Waals surface area contributed by atoms with Crippen molar-refractivity contribution in [2.75, 3.05) is 5.32 Å². The highest BCUT2D eigenvalue weighted by atomic mass is 19.4. The van der Waals surface area contributed by atoms with E-state index in [-0.39, 0.29) is 5.69 Å². The number of nitrogens with zero attached hydrogens (tertiary/aromatic N) is 3. The molecule has 0 aliphatic carbocycles. The Hall–Kier alpha value is -2.98. The number of amides is 1. The lowest BCUT2D eigenvalue weighted by atomic mass is 10.2. The fraction of sp³-hybridized carbons (Fsp3) is 0.167. The summed E-state index contributed by atoms with van der Waals surface area (Å²) in [6.07, 6.45) is -3.66. The Balaban J connectivity index is 2.07. The number of carbonyl (C=O) groups is 1. The highest BCUT2D eigenvalue weighted by Gasteiger charge is 2.33. The normalized spacial score (nSPS) is 11.3. The van der Waals surface area contributed by atoms with E-state index >= 15 is 0 Å². The maximum Gasteiger partial charge on any atom is 0.435 e. The molecule has 2 rings (SSSR count). The van der Waals surface area contributed by atoms with Crippen molar-refractivity contribution in [1.29, 1.82) is 0 Å². The second-order valence-electron chi connectivity index (χ2n) is 4.37. The smallest absolute Gasteiger partial charge is 0.324 e. The van der Waals surface area contributed by atoms with Crippen LogP contribution in [0.3, 0.4) is 0 Å². The van der Waals surface area contributed by atoms with Crippen molar-refractivity contribution in [1.82, 2.24) is 9.78 Å². The van der Waals surface area contributed by atoms with Gasteiger partial charge < -0.3 is 5.32 Å². The molecule has 0 fully saturated rings. The summed E-state index contributed by atoms with van der Waals surface area (Å²) < 4.78 is 51.0. The lowest BCUT2D eigenvalue weighted by molar-refractivity contribution is -0.387. The summed E-state index contributed by atoms with van der Waals surface area (Å²) in [6.45, 7) is -0.540. The summed E-state index contributed by atoms with van der Waals surface area (Å²) in [7, 11) is 0. The topological polar surface area (TPSA) is 90.1 Å². The molecule has 0 radical (unpaired) electrons. The Morgan fingerprint density at radius 1 is 1.35 bits per heavy atom. The monoisotopic (exact) mass is 332 g/mol. The van der Waals surface area contributed by atoms with Crippen LogP contribution < -0.4 is 5.32 Å². The molecule has 0 aliphatic heterocycles. The van der Waals surface area contributed by atoms with Crippen LogP contribution in [0.15, 0.2) is 30.5 Å². The van der Waals surface area contributed by atoms with Crippen LogP contribution in [0.5, 0.6) is 0 Å². The van der Waals surface area contributed by atoms with Gasteiger partial charge in [-0.15, -0.1) is 0 Å². The third-order valence-corrected chi connectivity index (χ3v) is 2.66. The molecule has 0 spiro atoms. The van der Waals surface area contributed by atoms with E-state index < -0.39 is 40.8 Å². The van der Waals surface area contributed by atoms with Crippen LogP contribution in [0.2, 0.25) is 0 Å². The lowest BCUT2D eigenvalue weighted by Crippen LogP contribution is -2.20. The molecule has 0 saturated carbocycles. The van der Waals surface area contributed by atoms with Crippen LogP contribution in [-0.2, 0) is 17.5 Å². The number of aromatic nitrogens is 2. The molecule has 7 nitrogen and oxygen atoms in total. The third kappa shape index (κ3) is 4.02. The van der Waals surface area contributed by atoms with Crippen molar-refractivity contribution < 1.29 is 27.3 Å². The van der Waals surface area contributed by atoms with E-state index in [1.807, 2.05) is 0 Å². The molecule has 0 bridgehead atoms. The number of rotatable bonds is 4. The van der Waals surface area contributed by atoms with Crippen LogP contribution in [-0.4, -0.2) is 20.6 Å². The summed E-state index contributed by atoms with van der Waals surface area (Å²) in [5.41, 5.74) is -2.05. The number of nitrogens with one attached hydrogen (secondary N) is 1. The molecule has 2 aromatic rings. The first-order valence-electron chi connectivity index (χ1n) is 6.01. The first-order chi connectivity index (χ1) is 10.7. The molecule has 0 unspecified atom stereocenters. The SMILES string of the molecule is O=C(Cn1ccc(C(F)(F)F)n1)Nc1ccc(F)c([N+](=O)[O-])c1. The molecule has 122 valence electrons. The Kier molecular flexibility index (Phi) is 4.29. The van der Waals surface area contributed by atoms with Gasteiger partial charge in [-0.25, -0.2) is 0 Å². The van der Waals surface area contributed by atoms with Crippen molar-refractivity contribution in [3.63, 3.8) is 0 Å².